The summed E-state index contributed by atoms with van der Waals surface area (Å²) in [7, 11) is 1.43. The molecule has 1 aliphatic carbocycles. The molecule has 0 radical (unpaired) electrons. The van der Waals surface area contributed by atoms with Gasteiger partial charge in [-0.3, -0.25) is 15.1 Å². The number of methoxy groups -OCH3 is 1. The Hall–Kier alpha value is -4.69. The second-order valence-corrected chi connectivity index (χ2v) is 11.1. The van der Waals surface area contributed by atoms with Gasteiger partial charge in [-0.25, -0.2) is 4.39 Å². The first-order valence-corrected chi connectivity index (χ1v) is 14.6. The minimum Gasteiger partial charge on any atom is -0.494 e. The van der Waals surface area contributed by atoms with Crippen LogP contribution in [-0.4, -0.2) is 40.9 Å². The van der Waals surface area contributed by atoms with E-state index in [-0.39, 0.29) is 29.8 Å². The number of hydrogen-bond acceptors (Lipinski definition) is 8. The van der Waals surface area contributed by atoms with Crippen LogP contribution in [0.3, 0.4) is 0 Å². The Morgan fingerprint density at radius 2 is 1.93 bits per heavy atom. The van der Waals surface area contributed by atoms with Gasteiger partial charge in [0.1, 0.15) is 36.3 Å². The monoisotopic (exact) mass is 631 g/mol. The molecular weight excluding hydrogens is 601 g/mol. The molecule has 0 saturated carbocycles. The lowest BCUT2D eigenvalue weighted by atomic mass is 9.96. The standard InChI is InChI=1S/C34H31ClFN3O6/c1-19-9-26-23(24-6-4-8-29(43-2)32(24)36)5-3-7-25(26)33(19)45-31-12-30(44-18-21-10-20(13-37)14-38-15-21)22(11-27(31)35)16-39-28(17-40)34(41)42/h3-8,10-12,14-15,19,28,33,39-40H,9,16-18H2,1-2H3,(H,41,42)/t19?,28-,33-/m0/s1. The third-order valence-electron chi connectivity index (χ3n) is 7.74. The molecule has 232 valence electrons. The van der Waals surface area contributed by atoms with Crippen molar-refractivity contribution in [2.75, 3.05) is 13.7 Å². The molecule has 1 aliphatic rings. The number of halogens is 2. The summed E-state index contributed by atoms with van der Waals surface area (Å²) in [5.74, 6) is -0.726. The average molecular weight is 632 g/mol. The molecule has 45 heavy (non-hydrogen) atoms. The number of nitrogens with one attached hydrogen (secondary N) is 1. The maximum absolute atomic E-state index is 15.3. The van der Waals surface area contributed by atoms with Crippen molar-refractivity contribution in [3.63, 3.8) is 0 Å². The van der Waals surface area contributed by atoms with Gasteiger partial charge in [-0.2, -0.15) is 5.26 Å². The first-order valence-electron chi connectivity index (χ1n) is 14.2. The fourth-order valence-electron chi connectivity index (χ4n) is 5.47. The quantitative estimate of drug-likeness (QED) is 0.176. The van der Waals surface area contributed by atoms with Gasteiger partial charge in [0.2, 0.25) is 0 Å². The third kappa shape index (κ3) is 6.86. The van der Waals surface area contributed by atoms with Gasteiger partial charge in [-0.1, -0.05) is 48.9 Å². The van der Waals surface area contributed by atoms with Crippen molar-refractivity contribution in [3.8, 4) is 34.4 Å². The zero-order valence-electron chi connectivity index (χ0n) is 24.6. The molecule has 5 rings (SSSR count). The zero-order valence-corrected chi connectivity index (χ0v) is 25.3. The Balaban J connectivity index is 1.47. The molecule has 0 aliphatic heterocycles. The van der Waals surface area contributed by atoms with E-state index in [2.05, 4.69) is 17.2 Å². The number of hydrogen-bond donors (Lipinski definition) is 3. The van der Waals surface area contributed by atoms with Gasteiger partial charge in [0.25, 0.3) is 0 Å². The summed E-state index contributed by atoms with van der Waals surface area (Å²) in [5, 5.41) is 31.1. The number of nitriles is 1. The molecule has 3 atom stereocenters. The average Bonchev–Trinajstić information content (AvgIpc) is 3.36. The number of nitrogens with zero attached hydrogens (tertiary/aromatic N) is 2. The Bertz CT molecular complexity index is 1760. The summed E-state index contributed by atoms with van der Waals surface area (Å²) < 4.78 is 33.1. The van der Waals surface area contributed by atoms with Crippen LogP contribution in [0.15, 0.2) is 67.0 Å². The van der Waals surface area contributed by atoms with Gasteiger partial charge in [0.05, 0.1) is 24.3 Å². The lowest BCUT2D eigenvalue weighted by Crippen LogP contribution is -2.39. The SMILES string of the molecule is COc1cccc(-c2cccc3c2CC(C)[C@@H]3Oc2cc(OCc3cncc(C#N)c3)c(CN[C@@H](CO)C(=O)O)cc2Cl)c1F. The molecule has 0 amide bonds. The van der Waals surface area contributed by atoms with Crippen LogP contribution in [0.25, 0.3) is 11.1 Å². The van der Waals surface area contributed by atoms with Gasteiger partial charge in [0, 0.05) is 47.6 Å². The third-order valence-corrected chi connectivity index (χ3v) is 8.04. The number of aliphatic carboxylic acids is 1. The smallest absolute Gasteiger partial charge is 0.323 e. The van der Waals surface area contributed by atoms with E-state index in [1.165, 1.54) is 13.3 Å². The Morgan fingerprint density at radius 1 is 1.16 bits per heavy atom. The molecule has 3 aromatic carbocycles. The maximum Gasteiger partial charge on any atom is 0.323 e. The van der Waals surface area contributed by atoms with E-state index < -0.39 is 30.5 Å². The van der Waals surface area contributed by atoms with Gasteiger partial charge in [-0.05, 0) is 41.3 Å². The van der Waals surface area contributed by atoms with Crippen LogP contribution in [0.2, 0.25) is 5.02 Å². The second kappa shape index (κ2) is 13.9. The van der Waals surface area contributed by atoms with Crippen LogP contribution in [-0.2, 0) is 24.4 Å². The Labute approximate surface area is 264 Å². The molecule has 1 unspecified atom stereocenters. The Morgan fingerprint density at radius 3 is 2.67 bits per heavy atom. The second-order valence-electron chi connectivity index (χ2n) is 10.7. The molecule has 11 heteroatoms. The van der Waals surface area contributed by atoms with E-state index in [4.69, 9.17) is 25.8 Å². The fourth-order valence-corrected chi connectivity index (χ4v) is 5.70. The van der Waals surface area contributed by atoms with Crippen LogP contribution in [0.4, 0.5) is 4.39 Å². The normalized spacial score (nSPS) is 16.0. The number of ether oxygens (including phenoxy) is 3. The highest BCUT2D eigenvalue weighted by Crippen LogP contribution is 2.46. The molecule has 3 N–H and O–H groups in total. The fraction of sp³-hybridized carbons (Fsp3) is 0.265. The van der Waals surface area contributed by atoms with Crippen molar-refractivity contribution in [2.24, 2.45) is 5.92 Å². The number of benzene rings is 3. The van der Waals surface area contributed by atoms with Crippen LogP contribution < -0.4 is 19.5 Å². The van der Waals surface area contributed by atoms with E-state index in [0.29, 0.717) is 40.2 Å². The highest BCUT2D eigenvalue weighted by atomic mass is 35.5. The van der Waals surface area contributed by atoms with E-state index in [9.17, 15) is 20.3 Å². The predicted octanol–water partition coefficient (Wildman–Crippen LogP) is 5.85. The molecule has 0 spiro atoms. The molecule has 9 nitrogen and oxygen atoms in total. The van der Waals surface area contributed by atoms with Crippen LogP contribution in [0.5, 0.6) is 17.2 Å². The number of carbonyl (C=O) groups is 1. The van der Waals surface area contributed by atoms with Crippen molar-refractivity contribution in [1.29, 1.82) is 5.26 Å². The van der Waals surface area contributed by atoms with Gasteiger partial charge >= 0.3 is 5.97 Å². The number of pyridine rings is 1. The van der Waals surface area contributed by atoms with Crippen LogP contribution in [0.1, 0.15) is 40.8 Å². The molecule has 0 saturated heterocycles. The van der Waals surface area contributed by atoms with E-state index in [0.717, 1.165) is 16.7 Å². The highest BCUT2D eigenvalue weighted by Gasteiger charge is 2.34. The van der Waals surface area contributed by atoms with Crippen molar-refractivity contribution >= 4 is 17.6 Å². The zero-order chi connectivity index (χ0) is 32.1. The number of carboxylic acid groups (broad SMARTS) is 1. The summed E-state index contributed by atoms with van der Waals surface area (Å²) in [6, 6.07) is 16.6. The first-order chi connectivity index (χ1) is 21.7. The summed E-state index contributed by atoms with van der Waals surface area (Å²) in [6.45, 7) is 1.54. The number of aromatic nitrogens is 1. The summed E-state index contributed by atoms with van der Waals surface area (Å²) >= 11 is 6.72. The van der Waals surface area contributed by atoms with Crippen molar-refractivity contribution in [2.45, 2.75) is 38.6 Å². The van der Waals surface area contributed by atoms with Crippen molar-refractivity contribution in [3.05, 3.63) is 106 Å². The number of aliphatic hydroxyl groups is 1. The Kier molecular flexibility index (Phi) is 9.83. The number of aliphatic hydroxyl groups excluding tert-OH is 1. The lowest BCUT2D eigenvalue weighted by Gasteiger charge is -2.22. The van der Waals surface area contributed by atoms with E-state index in [1.807, 2.05) is 24.3 Å². The maximum atomic E-state index is 15.3. The largest absolute Gasteiger partial charge is 0.494 e. The van der Waals surface area contributed by atoms with Crippen LogP contribution in [0, 0.1) is 23.1 Å². The summed E-state index contributed by atoms with van der Waals surface area (Å²) in [6.07, 6.45) is 3.28. The number of carboxylic acids is 1. The topological polar surface area (TPSA) is 134 Å². The van der Waals surface area contributed by atoms with E-state index in [1.54, 1.807) is 42.6 Å². The van der Waals surface area contributed by atoms with Gasteiger partial charge < -0.3 is 24.4 Å². The van der Waals surface area contributed by atoms with Crippen LogP contribution >= 0.6 is 11.6 Å². The molecule has 4 aromatic rings. The van der Waals surface area contributed by atoms with Gasteiger partial charge in [-0.15, -0.1) is 0 Å². The number of rotatable bonds is 12. The van der Waals surface area contributed by atoms with Crippen molar-refractivity contribution in [1.82, 2.24) is 10.3 Å². The summed E-state index contributed by atoms with van der Waals surface area (Å²) in [5.41, 5.74) is 4.67. The molecule has 1 aromatic heterocycles. The van der Waals surface area contributed by atoms with Crippen molar-refractivity contribution < 1.29 is 33.6 Å². The minimum atomic E-state index is -1.20. The molecular formula is C34H31ClFN3O6. The molecule has 0 bridgehead atoms. The number of fused-ring (bicyclic) bond motifs is 1. The predicted molar refractivity (Wildman–Crippen MR) is 165 cm³/mol. The van der Waals surface area contributed by atoms with E-state index >= 15 is 4.39 Å². The lowest BCUT2D eigenvalue weighted by molar-refractivity contribution is -0.140. The molecule has 0 fully saturated rings. The highest BCUT2D eigenvalue weighted by molar-refractivity contribution is 6.32. The summed E-state index contributed by atoms with van der Waals surface area (Å²) in [4.78, 5) is 15.5. The first kappa shape index (κ1) is 31.7. The molecule has 1 heterocycles. The van der Waals surface area contributed by atoms with Gasteiger partial charge in [0.15, 0.2) is 11.6 Å². The minimum absolute atomic E-state index is 0.0253.